The van der Waals surface area contributed by atoms with E-state index in [1.165, 1.54) is 5.56 Å². The van der Waals surface area contributed by atoms with Crippen molar-refractivity contribution in [1.29, 1.82) is 0 Å². The molecule has 0 aliphatic carbocycles. The van der Waals surface area contributed by atoms with Crippen LogP contribution >= 0.6 is 0 Å². The standard InChI is InChI=1S/C16H12N4/c1-10-5-6-12-14(9-10)20-16(19-12)11-3-2-4-13-15(11)18-8-7-17-13/h2-9H,1H3,(H,19,20). The van der Waals surface area contributed by atoms with Crippen molar-refractivity contribution < 1.29 is 0 Å². The minimum Gasteiger partial charge on any atom is -0.338 e. The van der Waals surface area contributed by atoms with E-state index in [0.29, 0.717) is 0 Å². The molecule has 0 radical (unpaired) electrons. The van der Waals surface area contributed by atoms with E-state index < -0.39 is 0 Å². The molecule has 1 N–H and O–H groups in total. The molecular formula is C16H12N4. The summed E-state index contributed by atoms with van der Waals surface area (Å²) < 4.78 is 0. The fourth-order valence-corrected chi connectivity index (χ4v) is 2.43. The molecule has 0 saturated carbocycles. The van der Waals surface area contributed by atoms with Crippen LogP contribution in [-0.2, 0) is 0 Å². The van der Waals surface area contributed by atoms with E-state index in [4.69, 9.17) is 0 Å². The second-order valence-electron chi connectivity index (χ2n) is 4.84. The zero-order valence-corrected chi connectivity index (χ0v) is 11.0. The van der Waals surface area contributed by atoms with E-state index in [1.807, 2.05) is 24.3 Å². The van der Waals surface area contributed by atoms with Gasteiger partial charge in [0.1, 0.15) is 5.82 Å². The van der Waals surface area contributed by atoms with E-state index in [9.17, 15) is 0 Å². The highest BCUT2D eigenvalue weighted by Gasteiger charge is 2.09. The van der Waals surface area contributed by atoms with Gasteiger partial charge in [-0.1, -0.05) is 12.1 Å². The number of para-hydroxylation sites is 1. The third-order valence-electron chi connectivity index (χ3n) is 3.39. The molecule has 0 unspecified atom stereocenters. The van der Waals surface area contributed by atoms with Crippen molar-refractivity contribution in [3.8, 4) is 11.4 Å². The van der Waals surface area contributed by atoms with Gasteiger partial charge in [-0.25, -0.2) is 4.98 Å². The van der Waals surface area contributed by atoms with Gasteiger partial charge in [-0.3, -0.25) is 9.97 Å². The van der Waals surface area contributed by atoms with E-state index in [2.05, 4.69) is 39.0 Å². The molecule has 2 aromatic heterocycles. The van der Waals surface area contributed by atoms with Gasteiger partial charge in [-0.15, -0.1) is 0 Å². The van der Waals surface area contributed by atoms with Gasteiger partial charge in [0.25, 0.3) is 0 Å². The van der Waals surface area contributed by atoms with Gasteiger partial charge in [0.2, 0.25) is 0 Å². The van der Waals surface area contributed by atoms with Crippen molar-refractivity contribution >= 4 is 22.1 Å². The number of rotatable bonds is 1. The van der Waals surface area contributed by atoms with Crippen LogP contribution in [0.1, 0.15) is 5.56 Å². The van der Waals surface area contributed by atoms with Gasteiger partial charge in [0, 0.05) is 18.0 Å². The second-order valence-corrected chi connectivity index (χ2v) is 4.84. The molecule has 0 atom stereocenters. The van der Waals surface area contributed by atoms with Crippen molar-refractivity contribution in [2.75, 3.05) is 0 Å². The zero-order valence-electron chi connectivity index (χ0n) is 11.0. The van der Waals surface area contributed by atoms with Gasteiger partial charge in [0.05, 0.1) is 22.1 Å². The highest BCUT2D eigenvalue weighted by molar-refractivity contribution is 5.91. The summed E-state index contributed by atoms with van der Waals surface area (Å²) in [5, 5.41) is 0. The molecule has 0 bridgehead atoms. The first-order chi connectivity index (χ1) is 9.81. The third kappa shape index (κ3) is 1.66. The molecule has 2 aromatic carbocycles. The van der Waals surface area contributed by atoms with Crippen molar-refractivity contribution in [3.63, 3.8) is 0 Å². The first-order valence-electron chi connectivity index (χ1n) is 6.48. The van der Waals surface area contributed by atoms with Crippen molar-refractivity contribution in [2.24, 2.45) is 0 Å². The first-order valence-corrected chi connectivity index (χ1v) is 6.48. The Balaban J connectivity index is 2.01. The van der Waals surface area contributed by atoms with E-state index in [0.717, 1.165) is 33.5 Å². The smallest absolute Gasteiger partial charge is 0.140 e. The van der Waals surface area contributed by atoms with Crippen LogP contribution in [0.3, 0.4) is 0 Å². The molecule has 20 heavy (non-hydrogen) atoms. The molecule has 0 aliphatic heterocycles. The lowest BCUT2D eigenvalue weighted by molar-refractivity contribution is 1.27. The number of aromatic nitrogens is 4. The number of H-pyrrole nitrogens is 1. The maximum atomic E-state index is 4.65. The number of benzene rings is 2. The van der Waals surface area contributed by atoms with Crippen LogP contribution in [0.25, 0.3) is 33.5 Å². The minimum absolute atomic E-state index is 0.830. The normalized spacial score (nSPS) is 11.2. The summed E-state index contributed by atoms with van der Waals surface area (Å²) in [5.74, 6) is 0.830. The van der Waals surface area contributed by atoms with E-state index in [-0.39, 0.29) is 0 Å². The van der Waals surface area contributed by atoms with Crippen LogP contribution in [0.5, 0.6) is 0 Å². The molecule has 96 valence electrons. The summed E-state index contributed by atoms with van der Waals surface area (Å²) in [6.45, 7) is 2.07. The largest absolute Gasteiger partial charge is 0.338 e. The molecular weight excluding hydrogens is 248 g/mol. The number of aryl methyl sites for hydroxylation is 1. The highest BCUT2D eigenvalue weighted by Crippen LogP contribution is 2.26. The Bertz CT molecular complexity index is 919. The Hall–Kier alpha value is -2.75. The Kier molecular flexibility index (Phi) is 2.29. The number of hydrogen-bond donors (Lipinski definition) is 1. The number of fused-ring (bicyclic) bond motifs is 2. The molecule has 0 aliphatic rings. The molecule has 4 heteroatoms. The van der Waals surface area contributed by atoms with E-state index >= 15 is 0 Å². The fourth-order valence-electron chi connectivity index (χ4n) is 2.43. The number of aromatic amines is 1. The predicted octanol–water partition coefficient (Wildman–Crippen LogP) is 3.48. The summed E-state index contributed by atoms with van der Waals surface area (Å²) in [6.07, 6.45) is 3.41. The fraction of sp³-hybridized carbons (Fsp3) is 0.0625. The van der Waals surface area contributed by atoms with Gasteiger partial charge < -0.3 is 4.98 Å². The summed E-state index contributed by atoms with van der Waals surface area (Å²) in [6, 6.07) is 12.1. The maximum absolute atomic E-state index is 4.65. The molecule has 0 spiro atoms. The van der Waals surface area contributed by atoms with Gasteiger partial charge in [-0.05, 0) is 36.8 Å². The lowest BCUT2D eigenvalue weighted by Crippen LogP contribution is -1.87. The Morgan fingerprint density at radius 3 is 2.80 bits per heavy atom. The SMILES string of the molecule is Cc1ccc2nc(-c3cccc4nccnc34)[nH]c2c1. The zero-order chi connectivity index (χ0) is 13.5. The Labute approximate surface area is 115 Å². The summed E-state index contributed by atoms with van der Waals surface area (Å²) >= 11 is 0. The van der Waals surface area contributed by atoms with E-state index in [1.54, 1.807) is 12.4 Å². The summed E-state index contributed by atoms with van der Waals surface area (Å²) in [5.41, 5.74) is 5.94. The summed E-state index contributed by atoms with van der Waals surface area (Å²) in [4.78, 5) is 16.8. The first kappa shape index (κ1) is 11.1. The topological polar surface area (TPSA) is 54.5 Å². The third-order valence-corrected chi connectivity index (χ3v) is 3.39. The lowest BCUT2D eigenvalue weighted by Gasteiger charge is -2.01. The van der Waals surface area contributed by atoms with Crippen LogP contribution in [0.2, 0.25) is 0 Å². The van der Waals surface area contributed by atoms with Crippen LogP contribution < -0.4 is 0 Å². The molecule has 4 rings (SSSR count). The van der Waals surface area contributed by atoms with Crippen LogP contribution in [0.4, 0.5) is 0 Å². The quantitative estimate of drug-likeness (QED) is 0.570. The molecule has 0 saturated heterocycles. The van der Waals surface area contributed by atoms with Gasteiger partial charge in [0.15, 0.2) is 0 Å². The van der Waals surface area contributed by atoms with Crippen LogP contribution in [0, 0.1) is 6.92 Å². The minimum atomic E-state index is 0.830. The second kappa shape index (κ2) is 4.13. The lowest BCUT2D eigenvalue weighted by atomic mass is 10.1. The molecule has 0 amide bonds. The molecule has 4 nitrogen and oxygen atoms in total. The predicted molar refractivity (Wildman–Crippen MR) is 79.4 cm³/mol. The van der Waals surface area contributed by atoms with Crippen molar-refractivity contribution in [1.82, 2.24) is 19.9 Å². The Morgan fingerprint density at radius 2 is 1.85 bits per heavy atom. The average molecular weight is 260 g/mol. The Morgan fingerprint density at radius 1 is 0.950 bits per heavy atom. The number of imidazole rings is 1. The summed E-state index contributed by atoms with van der Waals surface area (Å²) in [7, 11) is 0. The maximum Gasteiger partial charge on any atom is 0.140 e. The van der Waals surface area contributed by atoms with Gasteiger partial charge >= 0.3 is 0 Å². The molecule has 4 aromatic rings. The van der Waals surface area contributed by atoms with Crippen molar-refractivity contribution in [2.45, 2.75) is 6.92 Å². The highest BCUT2D eigenvalue weighted by atomic mass is 14.9. The number of hydrogen-bond acceptors (Lipinski definition) is 3. The average Bonchev–Trinajstić information content (AvgIpc) is 2.89. The van der Waals surface area contributed by atoms with Crippen LogP contribution in [-0.4, -0.2) is 19.9 Å². The number of nitrogens with one attached hydrogen (secondary N) is 1. The number of nitrogens with zero attached hydrogens (tertiary/aromatic N) is 3. The van der Waals surface area contributed by atoms with Crippen LogP contribution in [0.15, 0.2) is 48.8 Å². The van der Waals surface area contributed by atoms with Gasteiger partial charge in [-0.2, -0.15) is 0 Å². The molecule has 0 fully saturated rings. The monoisotopic (exact) mass is 260 g/mol. The molecule has 2 heterocycles. The van der Waals surface area contributed by atoms with Crippen molar-refractivity contribution in [3.05, 3.63) is 54.4 Å².